The molecular weight excluding hydrogens is 252 g/mol. The van der Waals surface area contributed by atoms with Gasteiger partial charge in [0.25, 0.3) is 0 Å². The Kier molecular flexibility index (Phi) is 4.54. The van der Waals surface area contributed by atoms with Crippen LogP contribution in [0.1, 0.15) is 19.8 Å². The third kappa shape index (κ3) is 3.68. The van der Waals surface area contributed by atoms with E-state index in [1.165, 1.54) is 12.8 Å². The van der Waals surface area contributed by atoms with E-state index in [0.717, 1.165) is 25.7 Å². The van der Waals surface area contributed by atoms with Crippen molar-refractivity contribution in [1.29, 1.82) is 0 Å². The van der Waals surface area contributed by atoms with Crippen molar-refractivity contribution in [3.8, 4) is 0 Å². The van der Waals surface area contributed by atoms with Crippen molar-refractivity contribution in [1.82, 2.24) is 19.9 Å². The Balaban J connectivity index is 1.83. The van der Waals surface area contributed by atoms with Crippen LogP contribution < -0.4 is 10.6 Å². The van der Waals surface area contributed by atoms with E-state index in [4.69, 9.17) is 11.6 Å². The highest BCUT2D eigenvalue weighted by molar-refractivity contribution is 6.28. The number of nitrogens with zero attached hydrogens (tertiary/aromatic N) is 4. The van der Waals surface area contributed by atoms with Gasteiger partial charge in [-0.05, 0) is 31.0 Å². The van der Waals surface area contributed by atoms with Crippen molar-refractivity contribution in [2.75, 3.05) is 37.3 Å². The molecule has 0 radical (unpaired) electrons. The van der Waals surface area contributed by atoms with Crippen molar-refractivity contribution < 1.29 is 0 Å². The molecule has 100 valence electrons. The fourth-order valence-corrected chi connectivity index (χ4v) is 2.05. The van der Waals surface area contributed by atoms with Gasteiger partial charge in [0.05, 0.1) is 0 Å². The first-order valence-corrected chi connectivity index (χ1v) is 6.68. The second kappa shape index (κ2) is 6.15. The number of anilines is 2. The zero-order chi connectivity index (χ0) is 13.0. The Morgan fingerprint density at radius 1 is 1.28 bits per heavy atom. The summed E-state index contributed by atoms with van der Waals surface area (Å²) in [5, 5.41) is 6.23. The lowest BCUT2D eigenvalue weighted by atomic mass is 10.4. The Morgan fingerprint density at radius 3 is 2.61 bits per heavy atom. The smallest absolute Gasteiger partial charge is 0.228 e. The van der Waals surface area contributed by atoms with Crippen LogP contribution in [0, 0.1) is 0 Å². The summed E-state index contributed by atoms with van der Waals surface area (Å²) in [4.78, 5) is 14.6. The molecule has 0 amide bonds. The van der Waals surface area contributed by atoms with Gasteiger partial charge >= 0.3 is 0 Å². The molecule has 0 bridgehead atoms. The summed E-state index contributed by atoms with van der Waals surface area (Å²) >= 11 is 5.81. The van der Waals surface area contributed by atoms with Gasteiger partial charge in [-0.3, -0.25) is 4.90 Å². The molecular formula is C11H19ClN6. The number of halogens is 1. The van der Waals surface area contributed by atoms with Crippen LogP contribution in [-0.2, 0) is 0 Å². The molecule has 2 N–H and O–H groups in total. The molecule has 1 heterocycles. The van der Waals surface area contributed by atoms with Crippen LogP contribution in [0.5, 0.6) is 0 Å². The monoisotopic (exact) mass is 270 g/mol. The quantitative estimate of drug-likeness (QED) is 0.782. The van der Waals surface area contributed by atoms with Crippen molar-refractivity contribution in [2.45, 2.75) is 25.8 Å². The van der Waals surface area contributed by atoms with E-state index in [1.807, 2.05) is 0 Å². The fraction of sp³-hybridized carbons (Fsp3) is 0.727. The molecule has 6 nitrogen and oxygen atoms in total. The maximum atomic E-state index is 5.81. The van der Waals surface area contributed by atoms with Crippen molar-refractivity contribution in [2.24, 2.45) is 0 Å². The van der Waals surface area contributed by atoms with Crippen LogP contribution in [-0.4, -0.2) is 52.6 Å². The molecule has 1 aromatic heterocycles. The van der Waals surface area contributed by atoms with Gasteiger partial charge in [0.1, 0.15) is 0 Å². The van der Waals surface area contributed by atoms with Gasteiger partial charge in [-0.2, -0.15) is 15.0 Å². The summed E-state index contributed by atoms with van der Waals surface area (Å²) in [6, 6.07) is 0.784. The molecule has 7 heteroatoms. The summed E-state index contributed by atoms with van der Waals surface area (Å²) < 4.78 is 0. The van der Waals surface area contributed by atoms with Gasteiger partial charge in [-0.1, -0.05) is 6.92 Å². The van der Waals surface area contributed by atoms with E-state index in [1.54, 1.807) is 7.05 Å². The van der Waals surface area contributed by atoms with Gasteiger partial charge in [0.2, 0.25) is 17.2 Å². The van der Waals surface area contributed by atoms with Crippen molar-refractivity contribution in [3.05, 3.63) is 5.28 Å². The fourth-order valence-electron chi connectivity index (χ4n) is 1.89. The first-order chi connectivity index (χ1) is 8.72. The largest absolute Gasteiger partial charge is 0.357 e. The number of likely N-dealkylation sites (N-methyl/N-ethyl adjacent to an activating group) is 1. The third-order valence-electron chi connectivity index (χ3n) is 2.98. The summed E-state index contributed by atoms with van der Waals surface area (Å²) in [7, 11) is 1.75. The van der Waals surface area contributed by atoms with E-state index in [9.17, 15) is 0 Å². The summed E-state index contributed by atoms with van der Waals surface area (Å²) in [5.74, 6) is 0.998. The molecule has 1 fully saturated rings. The van der Waals surface area contributed by atoms with E-state index in [0.29, 0.717) is 11.9 Å². The predicted octanol–water partition coefficient (Wildman–Crippen LogP) is 1.46. The number of nitrogens with one attached hydrogen (secondary N) is 2. The van der Waals surface area contributed by atoms with Crippen LogP contribution in [0.15, 0.2) is 0 Å². The van der Waals surface area contributed by atoms with Gasteiger partial charge in [-0.15, -0.1) is 0 Å². The SMILES string of the molecule is CCN(CCNc1nc(Cl)nc(NC)n1)C1CC1. The molecule has 18 heavy (non-hydrogen) atoms. The van der Waals surface area contributed by atoms with Crippen molar-refractivity contribution >= 4 is 23.5 Å². The second-order valence-electron chi connectivity index (χ2n) is 4.29. The van der Waals surface area contributed by atoms with Gasteiger partial charge < -0.3 is 10.6 Å². The molecule has 1 aliphatic carbocycles. The van der Waals surface area contributed by atoms with E-state index in [2.05, 4.69) is 37.4 Å². The lowest BCUT2D eigenvalue weighted by molar-refractivity contribution is 0.289. The molecule has 0 atom stereocenters. The van der Waals surface area contributed by atoms with Crippen LogP contribution in [0.4, 0.5) is 11.9 Å². The van der Waals surface area contributed by atoms with Gasteiger partial charge in [0, 0.05) is 26.2 Å². The molecule has 2 rings (SSSR count). The molecule has 1 aromatic rings. The van der Waals surface area contributed by atoms with Crippen LogP contribution in [0.2, 0.25) is 5.28 Å². The lowest BCUT2D eigenvalue weighted by Crippen LogP contribution is -2.31. The molecule has 0 saturated heterocycles. The molecule has 1 saturated carbocycles. The van der Waals surface area contributed by atoms with E-state index >= 15 is 0 Å². The van der Waals surface area contributed by atoms with Gasteiger partial charge in [-0.25, -0.2) is 0 Å². The average molecular weight is 271 g/mol. The predicted molar refractivity (Wildman–Crippen MR) is 73.1 cm³/mol. The minimum atomic E-state index is 0.200. The average Bonchev–Trinajstić information content (AvgIpc) is 3.18. The van der Waals surface area contributed by atoms with E-state index in [-0.39, 0.29) is 5.28 Å². The van der Waals surface area contributed by atoms with Gasteiger partial charge in [0.15, 0.2) is 0 Å². The highest BCUT2D eigenvalue weighted by atomic mass is 35.5. The Labute approximate surface area is 112 Å². The Morgan fingerprint density at radius 2 is 2.00 bits per heavy atom. The maximum absolute atomic E-state index is 5.81. The number of hydrogen-bond acceptors (Lipinski definition) is 6. The number of rotatable bonds is 7. The highest BCUT2D eigenvalue weighted by Gasteiger charge is 2.27. The number of aromatic nitrogens is 3. The summed E-state index contributed by atoms with van der Waals surface area (Å²) in [6.07, 6.45) is 2.66. The highest BCUT2D eigenvalue weighted by Crippen LogP contribution is 2.25. The lowest BCUT2D eigenvalue weighted by Gasteiger charge is -2.19. The van der Waals surface area contributed by atoms with Crippen molar-refractivity contribution in [3.63, 3.8) is 0 Å². The first kappa shape index (κ1) is 13.3. The Hall–Kier alpha value is -1.14. The zero-order valence-electron chi connectivity index (χ0n) is 10.8. The first-order valence-electron chi connectivity index (χ1n) is 6.30. The minimum absolute atomic E-state index is 0.200. The van der Waals surface area contributed by atoms with E-state index < -0.39 is 0 Å². The third-order valence-corrected chi connectivity index (χ3v) is 3.15. The Bertz CT molecular complexity index is 395. The molecule has 0 aliphatic heterocycles. The standard InChI is InChI=1S/C11H19ClN6/c1-3-18(8-4-5-8)7-6-14-11-16-9(12)15-10(13-2)17-11/h8H,3-7H2,1-2H3,(H2,13,14,15,16,17). The second-order valence-corrected chi connectivity index (χ2v) is 4.63. The summed E-state index contributed by atoms with van der Waals surface area (Å²) in [5.41, 5.74) is 0. The molecule has 1 aliphatic rings. The maximum Gasteiger partial charge on any atom is 0.228 e. The minimum Gasteiger partial charge on any atom is -0.357 e. The van der Waals surface area contributed by atoms with Crippen LogP contribution in [0.3, 0.4) is 0 Å². The molecule has 0 aromatic carbocycles. The summed E-state index contributed by atoms with van der Waals surface area (Å²) in [6.45, 7) is 5.09. The zero-order valence-corrected chi connectivity index (χ0v) is 11.5. The normalized spacial score (nSPS) is 14.9. The van der Waals surface area contributed by atoms with Crippen LogP contribution >= 0.6 is 11.6 Å². The number of hydrogen-bond donors (Lipinski definition) is 2. The molecule has 0 unspecified atom stereocenters. The topological polar surface area (TPSA) is 66.0 Å². The molecule has 0 spiro atoms. The van der Waals surface area contributed by atoms with Crippen LogP contribution in [0.25, 0.3) is 0 Å².